The van der Waals surface area contributed by atoms with E-state index in [4.69, 9.17) is 0 Å². The van der Waals surface area contributed by atoms with E-state index in [2.05, 4.69) is 17.4 Å². The van der Waals surface area contributed by atoms with Crippen LogP contribution in [0.25, 0.3) is 0 Å². The van der Waals surface area contributed by atoms with E-state index >= 15 is 0 Å². The molecule has 1 aliphatic rings. The molecule has 0 bridgehead atoms. The van der Waals surface area contributed by atoms with Gasteiger partial charge in [-0.1, -0.05) is 36.4 Å². The number of hydrogen-bond acceptors (Lipinski definition) is 2. The molecule has 0 aliphatic carbocycles. The summed E-state index contributed by atoms with van der Waals surface area (Å²) in [7, 11) is 0. The maximum atomic E-state index is 12.6. The number of nitrogens with one attached hydrogen (secondary N) is 1. The molecule has 2 aromatic rings. The average molecular weight is 336 g/mol. The number of carbonyl (C=O) groups excluding carboxylic acids is 2. The minimum absolute atomic E-state index is 0.0245. The lowest BCUT2D eigenvalue weighted by Gasteiger charge is -2.25. The second-order valence-corrected chi connectivity index (χ2v) is 6.64. The summed E-state index contributed by atoms with van der Waals surface area (Å²) in [5.41, 5.74) is 3.98. The zero-order valence-electron chi connectivity index (χ0n) is 14.8. The molecule has 1 heterocycles. The number of carbonyl (C=O) groups is 2. The van der Waals surface area contributed by atoms with Crippen molar-refractivity contribution in [3.63, 3.8) is 0 Å². The fraction of sp³-hybridized carbons (Fsp3) is 0.333. The van der Waals surface area contributed by atoms with Crippen molar-refractivity contribution in [3.8, 4) is 0 Å². The third-order valence-corrected chi connectivity index (χ3v) is 4.93. The molecule has 3 rings (SSSR count). The van der Waals surface area contributed by atoms with Crippen LogP contribution >= 0.6 is 0 Å². The van der Waals surface area contributed by atoms with Crippen LogP contribution in [0, 0.1) is 13.8 Å². The first kappa shape index (κ1) is 17.2. The van der Waals surface area contributed by atoms with Crippen LogP contribution in [0.4, 0.5) is 0 Å². The number of nitrogens with zero attached hydrogens (tertiary/aromatic N) is 1. The van der Waals surface area contributed by atoms with Crippen molar-refractivity contribution in [2.24, 2.45) is 0 Å². The lowest BCUT2D eigenvalue weighted by Crippen LogP contribution is -2.39. The molecule has 0 spiro atoms. The number of likely N-dealkylation sites (tertiary alicyclic amines) is 1. The van der Waals surface area contributed by atoms with Gasteiger partial charge in [-0.05, 0) is 55.5 Å². The highest BCUT2D eigenvalue weighted by Crippen LogP contribution is 2.31. The Kier molecular flexibility index (Phi) is 5.17. The van der Waals surface area contributed by atoms with Crippen LogP contribution in [0.2, 0.25) is 0 Å². The van der Waals surface area contributed by atoms with E-state index in [9.17, 15) is 9.59 Å². The van der Waals surface area contributed by atoms with E-state index < -0.39 is 0 Å². The van der Waals surface area contributed by atoms with Crippen LogP contribution < -0.4 is 5.32 Å². The first-order valence-corrected chi connectivity index (χ1v) is 8.76. The van der Waals surface area contributed by atoms with Gasteiger partial charge in [0.15, 0.2) is 0 Å². The highest BCUT2D eigenvalue weighted by Gasteiger charge is 2.29. The Hall–Kier alpha value is -2.62. The molecule has 0 radical (unpaired) electrons. The first-order valence-electron chi connectivity index (χ1n) is 8.76. The Morgan fingerprint density at radius 1 is 1.08 bits per heavy atom. The molecule has 1 saturated heterocycles. The summed E-state index contributed by atoms with van der Waals surface area (Å²) in [5.74, 6) is -0.226. The predicted molar refractivity (Wildman–Crippen MR) is 98.4 cm³/mol. The molecule has 0 saturated carbocycles. The van der Waals surface area contributed by atoms with Gasteiger partial charge >= 0.3 is 0 Å². The van der Waals surface area contributed by atoms with Crippen molar-refractivity contribution in [2.45, 2.75) is 32.7 Å². The maximum absolute atomic E-state index is 12.6. The summed E-state index contributed by atoms with van der Waals surface area (Å²) in [6.07, 6.45) is 1.97. The van der Waals surface area contributed by atoms with Gasteiger partial charge in [-0.25, -0.2) is 0 Å². The quantitative estimate of drug-likeness (QED) is 0.930. The monoisotopic (exact) mass is 336 g/mol. The van der Waals surface area contributed by atoms with E-state index in [1.54, 1.807) is 6.07 Å². The largest absolute Gasteiger partial charge is 0.343 e. The van der Waals surface area contributed by atoms with Gasteiger partial charge in [0, 0.05) is 12.1 Å². The van der Waals surface area contributed by atoms with Crippen molar-refractivity contribution in [3.05, 3.63) is 70.8 Å². The van der Waals surface area contributed by atoms with Crippen LogP contribution in [0.1, 0.15) is 45.9 Å². The molecule has 130 valence electrons. The van der Waals surface area contributed by atoms with Crippen molar-refractivity contribution < 1.29 is 9.59 Å². The fourth-order valence-corrected chi connectivity index (χ4v) is 3.33. The van der Waals surface area contributed by atoms with E-state index in [1.165, 1.54) is 0 Å². The predicted octanol–water partition coefficient (Wildman–Crippen LogP) is 3.40. The van der Waals surface area contributed by atoms with Crippen LogP contribution in [-0.2, 0) is 4.79 Å². The Morgan fingerprint density at radius 3 is 2.56 bits per heavy atom. The molecule has 0 unspecified atom stereocenters. The van der Waals surface area contributed by atoms with Gasteiger partial charge in [0.2, 0.25) is 5.91 Å². The molecule has 25 heavy (non-hydrogen) atoms. The molecular formula is C21H24N2O2. The van der Waals surface area contributed by atoms with E-state index in [0.717, 1.165) is 36.1 Å². The topological polar surface area (TPSA) is 49.4 Å². The third kappa shape index (κ3) is 3.90. The van der Waals surface area contributed by atoms with Gasteiger partial charge in [0.25, 0.3) is 5.91 Å². The first-order chi connectivity index (χ1) is 12.1. The molecule has 2 aromatic carbocycles. The molecule has 1 atom stereocenters. The molecular weight excluding hydrogens is 312 g/mol. The van der Waals surface area contributed by atoms with Crippen molar-refractivity contribution in [1.82, 2.24) is 10.2 Å². The molecule has 4 heteroatoms. The van der Waals surface area contributed by atoms with Gasteiger partial charge in [-0.2, -0.15) is 0 Å². The number of hydrogen-bond donors (Lipinski definition) is 1. The molecule has 1 N–H and O–H groups in total. The summed E-state index contributed by atoms with van der Waals surface area (Å²) < 4.78 is 0. The van der Waals surface area contributed by atoms with Crippen LogP contribution in [0.5, 0.6) is 0 Å². The van der Waals surface area contributed by atoms with Crippen LogP contribution in [0.3, 0.4) is 0 Å². The standard InChI is InChI=1S/C21H24N2O2/c1-15-10-11-18(13-16(15)2)21(25)22-14-20(24)23-12-6-9-19(23)17-7-4-3-5-8-17/h3-5,7-8,10-11,13,19H,6,9,12,14H2,1-2H3,(H,22,25)/t19-/m1/s1. The van der Waals surface area contributed by atoms with Gasteiger partial charge in [0.1, 0.15) is 0 Å². The lowest BCUT2D eigenvalue weighted by atomic mass is 10.0. The lowest BCUT2D eigenvalue weighted by molar-refractivity contribution is -0.131. The molecule has 1 aliphatic heterocycles. The minimum atomic E-state index is -0.202. The smallest absolute Gasteiger partial charge is 0.251 e. The molecule has 2 amide bonds. The van der Waals surface area contributed by atoms with Crippen molar-refractivity contribution in [1.29, 1.82) is 0 Å². The summed E-state index contributed by atoms with van der Waals surface area (Å²) in [4.78, 5) is 26.8. The Balaban J connectivity index is 1.62. The van der Waals surface area contributed by atoms with Gasteiger partial charge in [0.05, 0.1) is 12.6 Å². The van der Waals surface area contributed by atoms with Gasteiger partial charge in [-0.3, -0.25) is 9.59 Å². The fourth-order valence-electron chi connectivity index (χ4n) is 3.33. The minimum Gasteiger partial charge on any atom is -0.343 e. The second-order valence-electron chi connectivity index (χ2n) is 6.64. The Labute approximate surface area is 148 Å². The Morgan fingerprint density at radius 2 is 1.84 bits per heavy atom. The van der Waals surface area contributed by atoms with Crippen molar-refractivity contribution >= 4 is 11.8 Å². The second kappa shape index (κ2) is 7.51. The highest BCUT2D eigenvalue weighted by molar-refractivity contribution is 5.96. The highest BCUT2D eigenvalue weighted by atomic mass is 16.2. The normalized spacial score (nSPS) is 16.7. The summed E-state index contributed by atoms with van der Waals surface area (Å²) >= 11 is 0. The number of amides is 2. The number of benzene rings is 2. The zero-order chi connectivity index (χ0) is 17.8. The number of rotatable bonds is 4. The van der Waals surface area contributed by atoms with Crippen LogP contribution in [-0.4, -0.2) is 29.8 Å². The third-order valence-electron chi connectivity index (χ3n) is 4.93. The van der Waals surface area contributed by atoms with E-state index in [-0.39, 0.29) is 24.4 Å². The van der Waals surface area contributed by atoms with Crippen LogP contribution in [0.15, 0.2) is 48.5 Å². The van der Waals surface area contributed by atoms with Crippen molar-refractivity contribution in [2.75, 3.05) is 13.1 Å². The van der Waals surface area contributed by atoms with Gasteiger partial charge < -0.3 is 10.2 Å². The van der Waals surface area contributed by atoms with E-state index in [1.807, 2.05) is 49.1 Å². The summed E-state index contributed by atoms with van der Waals surface area (Å²) in [5, 5.41) is 2.76. The maximum Gasteiger partial charge on any atom is 0.251 e. The average Bonchev–Trinajstić information content (AvgIpc) is 3.12. The zero-order valence-corrected chi connectivity index (χ0v) is 14.8. The summed E-state index contributed by atoms with van der Waals surface area (Å²) in [6.45, 7) is 4.77. The van der Waals surface area contributed by atoms with Gasteiger partial charge in [-0.15, -0.1) is 0 Å². The molecule has 0 aromatic heterocycles. The Bertz CT molecular complexity index is 771. The summed E-state index contributed by atoms with van der Waals surface area (Å²) in [6, 6.07) is 15.8. The van der Waals surface area contributed by atoms with E-state index in [0.29, 0.717) is 5.56 Å². The number of aryl methyl sites for hydroxylation is 2. The SMILES string of the molecule is Cc1ccc(C(=O)NCC(=O)N2CCC[C@@H]2c2ccccc2)cc1C. The molecule has 1 fully saturated rings. The molecule has 4 nitrogen and oxygen atoms in total.